The maximum Gasteiger partial charge on any atom is 0.150 e. The summed E-state index contributed by atoms with van der Waals surface area (Å²) < 4.78 is 5.97. The zero-order chi connectivity index (χ0) is 25.7. The average molecular weight is 515 g/mol. The molecule has 0 aliphatic carbocycles. The Kier molecular flexibility index (Phi) is 9.07. The molecule has 3 N–H and O–H groups in total. The highest BCUT2D eigenvalue weighted by atomic mass is 35.5. The molecule has 1 atom stereocenters. The lowest BCUT2D eigenvalue weighted by Gasteiger charge is -2.28. The molecule has 4 aromatic carbocycles. The standard InChI is InChI=1S/C31H30N2O3.ClH/c1-31(2,33)30(35)28-18-22-9-4-3-8-21(22)16-23(28)11-7-15-36-29-14-13-24(17-26(29)19-32)27-12-6-5-10-25(27)20-34;/h3-6,8-10,12-14,16-18,20,30,35H,7,11,15,33H2,1-2H3;1H/t30-;/m1./s1. The van der Waals surface area contributed by atoms with Crippen LogP contribution in [0.2, 0.25) is 0 Å². The van der Waals surface area contributed by atoms with E-state index in [9.17, 15) is 15.2 Å². The lowest BCUT2D eigenvalue weighted by Crippen LogP contribution is -2.39. The third kappa shape index (κ3) is 6.36. The van der Waals surface area contributed by atoms with Gasteiger partial charge in [0.1, 0.15) is 11.8 Å². The van der Waals surface area contributed by atoms with Crippen LogP contribution in [0, 0.1) is 11.3 Å². The minimum Gasteiger partial charge on any atom is -0.492 e. The van der Waals surface area contributed by atoms with Crippen molar-refractivity contribution in [2.24, 2.45) is 5.73 Å². The van der Waals surface area contributed by atoms with Gasteiger partial charge >= 0.3 is 0 Å². The molecule has 6 heteroatoms. The fraction of sp³-hybridized carbons (Fsp3) is 0.226. The van der Waals surface area contributed by atoms with Crippen LogP contribution in [0.3, 0.4) is 0 Å². The molecule has 37 heavy (non-hydrogen) atoms. The van der Waals surface area contributed by atoms with Crippen LogP contribution in [-0.4, -0.2) is 23.5 Å². The molecule has 0 saturated carbocycles. The summed E-state index contributed by atoms with van der Waals surface area (Å²) in [5, 5.41) is 22.8. The van der Waals surface area contributed by atoms with Gasteiger partial charge in [-0.05, 0) is 77.9 Å². The van der Waals surface area contributed by atoms with Crippen molar-refractivity contribution >= 4 is 29.5 Å². The summed E-state index contributed by atoms with van der Waals surface area (Å²) in [4.78, 5) is 11.4. The summed E-state index contributed by atoms with van der Waals surface area (Å²) in [6, 6.07) is 27.1. The SMILES string of the molecule is CC(C)(N)[C@H](O)c1cc2ccccc2cc1CCCOc1ccc(-c2ccccc2C=O)cc1C#N.Cl. The number of aliphatic hydroxyl groups is 1. The van der Waals surface area contributed by atoms with Crippen LogP contribution in [0.4, 0.5) is 0 Å². The van der Waals surface area contributed by atoms with Gasteiger partial charge in [0.2, 0.25) is 0 Å². The fourth-order valence-electron chi connectivity index (χ4n) is 4.40. The first-order valence-electron chi connectivity index (χ1n) is 12.0. The van der Waals surface area contributed by atoms with Gasteiger partial charge in [0, 0.05) is 11.1 Å². The van der Waals surface area contributed by atoms with E-state index in [1.165, 1.54) is 0 Å². The Labute approximate surface area is 223 Å². The van der Waals surface area contributed by atoms with Crippen LogP contribution in [0.15, 0.2) is 78.9 Å². The van der Waals surface area contributed by atoms with Gasteiger partial charge in [-0.15, -0.1) is 12.4 Å². The van der Waals surface area contributed by atoms with Crippen molar-refractivity contribution in [2.75, 3.05) is 6.61 Å². The fourth-order valence-corrected chi connectivity index (χ4v) is 4.40. The highest BCUT2D eigenvalue weighted by molar-refractivity contribution is 5.88. The summed E-state index contributed by atoms with van der Waals surface area (Å²) in [5.41, 5.74) is 9.88. The van der Waals surface area contributed by atoms with E-state index in [1.807, 2.05) is 62.4 Å². The molecule has 0 amide bonds. The van der Waals surface area contributed by atoms with Gasteiger partial charge in [-0.2, -0.15) is 5.26 Å². The monoisotopic (exact) mass is 514 g/mol. The molecule has 5 nitrogen and oxygen atoms in total. The van der Waals surface area contributed by atoms with Crippen LogP contribution in [-0.2, 0) is 6.42 Å². The molecule has 0 radical (unpaired) electrons. The maximum absolute atomic E-state index is 11.4. The van der Waals surface area contributed by atoms with E-state index in [1.54, 1.807) is 18.2 Å². The third-order valence-electron chi connectivity index (χ3n) is 6.35. The molecular weight excluding hydrogens is 484 g/mol. The number of carbonyl (C=O) groups is 1. The Morgan fingerprint density at radius 1 is 1.03 bits per heavy atom. The Balaban J connectivity index is 0.00000380. The molecule has 0 saturated heterocycles. The number of aldehydes is 1. The minimum absolute atomic E-state index is 0. The van der Waals surface area contributed by atoms with Gasteiger partial charge in [0.25, 0.3) is 0 Å². The molecule has 0 heterocycles. The molecule has 0 spiro atoms. The van der Waals surface area contributed by atoms with Crippen LogP contribution in [0.25, 0.3) is 21.9 Å². The first-order chi connectivity index (χ1) is 17.3. The topological polar surface area (TPSA) is 96.3 Å². The predicted molar refractivity (Wildman–Crippen MR) is 150 cm³/mol. The first-order valence-corrected chi connectivity index (χ1v) is 12.0. The maximum atomic E-state index is 11.4. The highest BCUT2D eigenvalue weighted by Crippen LogP contribution is 2.32. The van der Waals surface area contributed by atoms with E-state index in [4.69, 9.17) is 10.5 Å². The summed E-state index contributed by atoms with van der Waals surface area (Å²) in [7, 11) is 0. The molecule has 4 aromatic rings. The number of nitriles is 1. The Morgan fingerprint density at radius 2 is 1.70 bits per heavy atom. The number of aryl methyl sites for hydroxylation is 1. The number of ether oxygens (including phenoxy) is 1. The first kappa shape index (κ1) is 27.9. The average Bonchev–Trinajstić information content (AvgIpc) is 2.89. The molecule has 0 fully saturated rings. The van der Waals surface area contributed by atoms with Crippen LogP contribution < -0.4 is 10.5 Å². The Hall–Kier alpha value is -3.69. The number of aliphatic hydroxyl groups excluding tert-OH is 1. The molecule has 4 rings (SSSR count). The van der Waals surface area contributed by atoms with Gasteiger partial charge in [-0.25, -0.2) is 0 Å². The number of benzene rings is 4. The number of fused-ring (bicyclic) bond motifs is 1. The Bertz CT molecular complexity index is 1440. The number of hydrogen-bond donors (Lipinski definition) is 2. The highest BCUT2D eigenvalue weighted by Gasteiger charge is 2.26. The predicted octanol–water partition coefficient (Wildman–Crippen LogP) is 6.40. The van der Waals surface area contributed by atoms with Crippen LogP contribution >= 0.6 is 12.4 Å². The van der Waals surface area contributed by atoms with E-state index in [0.717, 1.165) is 39.3 Å². The minimum atomic E-state index is -0.801. The van der Waals surface area contributed by atoms with Gasteiger partial charge < -0.3 is 15.6 Å². The van der Waals surface area contributed by atoms with Crippen molar-refractivity contribution in [3.8, 4) is 22.9 Å². The van der Waals surface area contributed by atoms with Gasteiger partial charge in [-0.1, -0.05) is 60.7 Å². The van der Waals surface area contributed by atoms with Gasteiger partial charge in [0.15, 0.2) is 6.29 Å². The number of rotatable bonds is 9. The number of nitrogens with two attached hydrogens (primary N) is 1. The number of carbonyl (C=O) groups excluding carboxylic acids is 1. The lowest BCUT2D eigenvalue weighted by molar-refractivity contribution is 0.104. The molecule has 0 aliphatic heterocycles. The van der Waals surface area contributed by atoms with Crippen LogP contribution in [0.1, 0.15) is 53.4 Å². The third-order valence-corrected chi connectivity index (χ3v) is 6.35. The molecule has 0 aliphatic rings. The molecule has 190 valence electrons. The number of halogens is 1. The summed E-state index contributed by atoms with van der Waals surface area (Å²) in [6.45, 7) is 4.05. The zero-order valence-corrected chi connectivity index (χ0v) is 21.8. The number of nitrogens with zero attached hydrogens (tertiary/aromatic N) is 1. The van der Waals surface area contributed by atoms with E-state index < -0.39 is 11.6 Å². The zero-order valence-electron chi connectivity index (χ0n) is 21.0. The second-order valence-corrected chi connectivity index (χ2v) is 9.60. The molecule has 0 bridgehead atoms. The van der Waals surface area contributed by atoms with Crippen molar-refractivity contribution in [3.05, 3.63) is 101 Å². The summed E-state index contributed by atoms with van der Waals surface area (Å²) in [6.07, 6.45) is 1.41. The van der Waals surface area contributed by atoms with Crippen molar-refractivity contribution < 1.29 is 14.6 Å². The molecule has 0 aromatic heterocycles. The van der Waals surface area contributed by atoms with Crippen molar-refractivity contribution in [3.63, 3.8) is 0 Å². The van der Waals surface area contributed by atoms with E-state index in [0.29, 0.717) is 36.3 Å². The summed E-state index contributed by atoms with van der Waals surface area (Å²) in [5.74, 6) is 0.506. The van der Waals surface area contributed by atoms with Crippen LogP contribution in [0.5, 0.6) is 5.75 Å². The number of hydrogen-bond acceptors (Lipinski definition) is 5. The van der Waals surface area contributed by atoms with Crippen molar-refractivity contribution in [1.82, 2.24) is 0 Å². The van der Waals surface area contributed by atoms with E-state index in [-0.39, 0.29) is 12.4 Å². The van der Waals surface area contributed by atoms with E-state index in [2.05, 4.69) is 18.2 Å². The van der Waals surface area contributed by atoms with Gasteiger partial charge in [-0.3, -0.25) is 4.79 Å². The molecule has 0 unspecified atom stereocenters. The normalized spacial score (nSPS) is 11.9. The summed E-state index contributed by atoms with van der Waals surface area (Å²) >= 11 is 0. The smallest absolute Gasteiger partial charge is 0.150 e. The van der Waals surface area contributed by atoms with Crippen molar-refractivity contribution in [1.29, 1.82) is 5.26 Å². The quantitative estimate of drug-likeness (QED) is 0.199. The lowest BCUT2D eigenvalue weighted by atomic mass is 9.86. The molecular formula is C31H31ClN2O3. The van der Waals surface area contributed by atoms with Gasteiger partial charge in [0.05, 0.1) is 18.3 Å². The second kappa shape index (κ2) is 12.0. The Morgan fingerprint density at radius 3 is 2.38 bits per heavy atom. The second-order valence-electron chi connectivity index (χ2n) is 9.60. The van der Waals surface area contributed by atoms with Crippen molar-refractivity contribution in [2.45, 2.75) is 38.3 Å². The largest absolute Gasteiger partial charge is 0.492 e. The van der Waals surface area contributed by atoms with E-state index >= 15 is 0 Å².